The van der Waals surface area contributed by atoms with E-state index in [2.05, 4.69) is 162 Å². The molecule has 19 aromatic heterocycles. The molecule has 41 heteroatoms. The van der Waals surface area contributed by atoms with E-state index in [1.165, 1.54) is 48.8 Å². The molecule has 0 aliphatic carbocycles. The summed E-state index contributed by atoms with van der Waals surface area (Å²) < 4.78 is 59.4. The van der Waals surface area contributed by atoms with Crippen LogP contribution < -0.4 is 31.4 Å². The Morgan fingerprint density at radius 3 is 1.36 bits per heavy atom. The Labute approximate surface area is 848 Å². The van der Waals surface area contributed by atoms with E-state index >= 15 is 0 Å². The number of aromatic nitrogens is 28. The first-order valence-corrected chi connectivity index (χ1v) is 44.4. The largest absolute Gasteiger partial charge is 0.481 e. The highest BCUT2D eigenvalue weighted by Gasteiger charge is 2.31. The molecule has 22 rings (SSSR count). The number of halogens is 5. The van der Waals surface area contributed by atoms with Gasteiger partial charge in [-0.2, -0.15) is 53.3 Å². The molecule has 0 saturated carbocycles. The minimum atomic E-state index is -4.30. The van der Waals surface area contributed by atoms with Gasteiger partial charge in [0, 0.05) is 229 Å². The van der Waals surface area contributed by atoms with E-state index < -0.39 is 17.8 Å². The maximum atomic E-state index is 11.8. The summed E-state index contributed by atoms with van der Waals surface area (Å²) in [5.74, 6) is 2.31. The van der Waals surface area contributed by atoms with Gasteiger partial charge in [-0.15, -0.1) is 0 Å². The highest BCUT2D eigenvalue weighted by atomic mass is 35.5. The number of para-hydroxylation sites is 2. The number of methoxy groups -OCH3 is 2. The SMILES string of the molecule is CC(=O)Nc1ccccn1.CCc1ncc[nH]1.CNC(=O)c1ccccc1.COc1ccccn1.COc1ncccn1.Cc1cc(C)[nH]n1.Cc1cccnc1.Cc1ccn[nH]1.Clc1ccccn1.Cn1cccn1.Cn1cccn1.FC(F)(F)c1ccn[nH]1.Fc1ccccn1.Nc1ccccn1.O=c1cccc[nH]1.c1cc[nH]c1.c1ccc2[nH]ccc2c1.c1ccc2[nH]ncc2c1.c1ccncc1.c1cn[nH]c1. The molecule has 0 aliphatic heterocycles. The number of pyridine rings is 8. The lowest BCUT2D eigenvalue weighted by molar-refractivity contribution is -0.141. The number of rotatable bonds is 5. The zero-order valence-corrected chi connectivity index (χ0v) is 83.0. The summed E-state index contributed by atoms with van der Waals surface area (Å²) in [5.41, 5.74) is 11.9. The Hall–Kier alpha value is -19.2. The number of nitrogens with two attached hydrogens (primary N) is 1. The lowest BCUT2D eigenvalue weighted by Crippen LogP contribution is -2.17. The van der Waals surface area contributed by atoms with Gasteiger partial charge in [-0.1, -0.05) is 122 Å². The first kappa shape index (κ1) is 121. The van der Waals surface area contributed by atoms with Crippen molar-refractivity contribution in [3.8, 4) is 11.9 Å². The predicted octanol–water partition coefficient (Wildman–Crippen LogP) is 20.3. The van der Waals surface area contributed by atoms with Crippen molar-refractivity contribution in [2.75, 3.05) is 32.3 Å². The fraction of sp³-hybridized carbons (Fsp3) is 0.124. The zero-order chi connectivity index (χ0) is 106. The van der Waals surface area contributed by atoms with Crippen LogP contribution in [-0.2, 0) is 31.5 Å². The molecule has 760 valence electrons. The van der Waals surface area contributed by atoms with Crippen molar-refractivity contribution in [1.82, 2.24) is 146 Å². The van der Waals surface area contributed by atoms with E-state index in [1.807, 2.05) is 261 Å². The van der Waals surface area contributed by atoms with Crippen LogP contribution in [-0.4, -0.2) is 173 Å². The molecule has 13 N–H and O–H groups in total. The number of amides is 2. The molecule has 2 amide bonds. The van der Waals surface area contributed by atoms with Crippen molar-refractivity contribution in [1.29, 1.82) is 0 Å². The molecule has 146 heavy (non-hydrogen) atoms. The van der Waals surface area contributed by atoms with E-state index in [0.717, 1.165) is 52.5 Å². The van der Waals surface area contributed by atoms with E-state index in [4.69, 9.17) is 26.8 Å². The molecular weight excluding hydrogens is 1890 g/mol. The molecule has 0 fully saturated rings. The lowest BCUT2D eigenvalue weighted by atomic mass is 10.2. The van der Waals surface area contributed by atoms with Gasteiger partial charge in [0.15, 0.2) is 0 Å². The zero-order valence-electron chi connectivity index (χ0n) is 82.3. The van der Waals surface area contributed by atoms with Crippen molar-refractivity contribution in [2.45, 2.75) is 54.1 Å². The van der Waals surface area contributed by atoms with Crippen molar-refractivity contribution >= 4 is 56.9 Å². The van der Waals surface area contributed by atoms with Crippen LogP contribution in [0.5, 0.6) is 11.9 Å². The van der Waals surface area contributed by atoms with E-state index in [1.54, 1.807) is 201 Å². The number of nitrogens with zero attached hydrogens (tertiary/aromatic N) is 19. The number of fused-ring (bicyclic) bond motifs is 2. The number of hydrogen-bond donors (Lipinski definition) is 12. The van der Waals surface area contributed by atoms with Crippen LogP contribution in [0.15, 0.2) is 445 Å². The normalized spacial score (nSPS) is 9.10. The number of nitrogens with one attached hydrogen (secondary N) is 11. The molecule has 0 aliphatic rings. The molecule has 19 heterocycles. The van der Waals surface area contributed by atoms with Gasteiger partial charge in [-0.3, -0.25) is 59.2 Å². The number of hydrogen-bond acceptors (Lipinski definition) is 23. The van der Waals surface area contributed by atoms with Crippen molar-refractivity contribution in [3.63, 3.8) is 0 Å². The third-order valence-corrected chi connectivity index (χ3v) is 16.2. The van der Waals surface area contributed by atoms with Crippen molar-refractivity contribution < 1.29 is 36.6 Å². The number of benzene rings is 3. The van der Waals surface area contributed by atoms with Crippen LogP contribution in [0.25, 0.3) is 21.8 Å². The monoisotopic (exact) mass is 2010 g/mol. The highest BCUT2D eigenvalue weighted by molar-refractivity contribution is 6.29. The van der Waals surface area contributed by atoms with Gasteiger partial charge in [0.25, 0.3) is 5.91 Å². The molecule has 0 spiro atoms. The molecular formula is C105H120ClF4N31O5. The van der Waals surface area contributed by atoms with Crippen LogP contribution >= 0.6 is 11.6 Å². The Morgan fingerprint density at radius 2 is 1.04 bits per heavy atom. The highest BCUT2D eigenvalue weighted by Crippen LogP contribution is 2.26. The quantitative estimate of drug-likeness (QED) is 0.0562. The summed E-state index contributed by atoms with van der Waals surface area (Å²) in [6.45, 7) is 11.5. The molecule has 0 atom stereocenters. The van der Waals surface area contributed by atoms with E-state index in [9.17, 15) is 31.9 Å². The average Bonchev–Trinajstić information content (AvgIpc) is 1.56. The molecule has 0 unspecified atom stereocenters. The number of imidazole rings is 1. The summed E-state index contributed by atoms with van der Waals surface area (Å²) in [5, 5.41) is 46.8. The van der Waals surface area contributed by atoms with E-state index in [0.29, 0.717) is 34.2 Å². The Kier molecular flexibility index (Phi) is 66.9. The van der Waals surface area contributed by atoms with Crippen LogP contribution in [0.1, 0.15) is 58.4 Å². The second-order valence-corrected chi connectivity index (χ2v) is 28.0. The van der Waals surface area contributed by atoms with Crippen LogP contribution in [0, 0.1) is 33.6 Å². The summed E-state index contributed by atoms with van der Waals surface area (Å²) in [7, 11) is 8.53. The van der Waals surface area contributed by atoms with Crippen molar-refractivity contribution in [3.05, 3.63) is 501 Å². The first-order chi connectivity index (χ1) is 70.9. The van der Waals surface area contributed by atoms with Crippen LogP contribution in [0.2, 0.25) is 5.15 Å². The van der Waals surface area contributed by atoms with Crippen LogP contribution in [0.4, 0.5) is 29.2 Å². The molecule has 0 saturated heterocycles. The number of carbonyl (C=O) groups excluding carboxylic acids is 2. The predicted molar refractivity (Wildman–Crippen MR) is 563 cm³/mol. The minimum Gasteiger partial charge on any atom is -0.481 e. The number of nitrogen functional groups attached to an aromatic ring is 1. The maximum absolute atomic E-state index is 11.8. The standard InChI is InChI=1S/C8H9NO.C8H7N.C7H8N2O.C7H6N2.C6H7NO.C6H7N.C5H4ClN.C5H4FN.C5H6N2O.2C5H8N2.C5H6N2.C5H5NO.C5H5N.C4H3F3N2.3C4H6N2.C4H5N.C3H4N2/c1-9-8(10)7-5-3-2-4-6-7;1-2-4-8-7(3-1)5-6-9-8;1-6(10)9-7-4-2-3-5-8-7;1-2-4-7-6(3-1)5-8-9-7;1-8-6-4-2-3-5-7-6;1-6-3-2-4-7-5-6;2*6-5-3-1-2-4-7-5;1-8-5-6-3-2-4-7-5;1-4-3-5(2)7-6-4;1-2-5-6-3-4-7-5;6-5-3-1-2-4-7-5;7-5-3-1-2-4-6-5;1-2-4-6-5-3-1;5-4(6,7)3-1-2-8-9-3;2*1-6-4-2-3-5-6;1-4-2-3-5-6-4;2*1-2-4-5-3-1/h2-6H,1H3,(H,9,10);1-6,9H;2-5H,1H3,(H,8,9,10);1-5H,(H,8,9);2-5H,1H3;2-5H,1H3;2*1-4H;2-4H,1H3;3H,1-2H3,(H,6,7);3-4H,2H2,1H3,(H,6,7);1-4H,(H2,6,7);1-4H,(H,6,7);1-5H;1-2H,(H,8,9);2*2-4H,1H3;2-3H,1H3,(H,5,6);1-5H;1-3H,(H,4,5). The summed E-state index contributed by atoms with van der Waals surface area (Å²) >= 11 is 5.43. The van der Waals surface area contributed by atoms with E-state index in [-0.39, 0.29) is 17.4 Å². The Balaban J connectivity index is 0.000000396. The third kappa shape index (κ3) is 67.2. The fourth-order valence-corrected chi connectivity index (χ4v) is 9.38. The smallest absolute Gasteiger partial charge is 0.432 e. The minimum absolute atomic E-state index is 0.0411. The number of aryl methyl sites for hydroxylation is 7. The molecule has 36 nitrogen and oxygen atoms in total. The number of H-pyrrole nitrogens is 9. The summed E-state index contributed by atoms with van der Waals surface area (Å²) in [6.07, 6.45) is 41.4. The van der Waals surface area contributed by atoms with Gasteiger partial charge in [0.1, 0.15) is 28.3 Å². The molecule has 0 bridgehead atoms. The van der Waals surface area contributed by atoms with Gasteiger partial charge in [0.2, 0.25) is 23.3 Å². The van der Waals surface area contributed by atoms with Gasteiger partial charge in [-0.25, -0.2) is 39.9 Å². The maximum Gasteiger partial charge on any atom is 0.432 e. The number of aromatic amines is 9. The van der Waals surface area contributed by atoms with Gasteiger partial charge in [-0.05, 0) is 202 Å². The van der Waals surface area contributed by atoms with Gasteiger partial charge >= 0.3 is 12.2 Å². The summed E-state index contributed by atoms with van der Waals surface area (Å²) in [4.78, 5) is 80.8. The number of anilines is 2. The van der Waals surface area contributed by atoms with Crippen molar-refractivity contribution in [2.24, 2.45) is 14.1 Å². The molecule has 3 aromatic carbocycles. The van der Waals surface area contributed by atoms with Gasteiger partial charge < -0.3 is 45.8 Å². The Morgan fingerprint density at radius 1 is 0.452 bits per heavy atom. The fourth-order valence-electron chi connectivity index (χ4n) is 9.25. The Bertz CT molecular complexity index is 6100. The summed E-state index contributed by atoms with van der Waals surface area (Å²) in [6, 6.07) is 84.7. The number of ether oxygens (including phenoxy) is 2. The van der Waals surface area contributed by atoms with Gasteiger partial charge in [0.05, 0.1) is 31.6 Å². The topological polar surface area (TPSA) is 491 Å². The third-order valence-electron chi connectivity index (χ3n) is 16.0. The number of carbonyl (C=O) groups is 2. The second-order valence-electron chi connectivity index (χ2n) is 27.6. The second kappa shape index (κ2) is 80.8. The average molecular weight is 2010 g/mol. The van der Waals surface area contributed by atoms with Crippen LogP contribution in [0.3, 0.4) is 0 Å². The number of alkyl halides is 3. The first-order valence-electron chi connectivity index (χ1n) is 44.1. The molecule has 22 aromatic rings. The molecule has 0 radical (unpaired) electrons. The lowest BCUT2D eigenvalue weighted by Gasteiger charge is -1.99.